The van der Waals surface area contributed by atoms with E-state index >= 15 is 0 Å². The second-order valence-corrected chi connectivity index (χ2v) is 3.97. The third kappa shape index (κ3) is 4.60. The van der Waals surface area contributed by atoms with Crippen LogP contribution < -0.4 is 0 Å². The molecule has 0 bridgehead atoms. The van der Waals surface area contributed by atoms with Crippen LogP contribution in [-0.2, 0) is 4.74 Å². The van der Waals surface area contributed by atoms with E-state index in [1.54, 1.807) is 6.08 Å². The Balaban J connectivity index is 2.48. The molecule has 0 aromatic carbocycles. The number of rotatable bonds is 5. The van der Waals surface area contributed by atoms with Crippen molar-refractivity contribution >= 4 is 0 Å². The zero-order valence-electron chi connectivity index (χ0n) is 10.1. The molecule has 1 atom stereocenters. The minimum absolute atomic E-state index is 0.00804. The molecule has 0 saturated heterocycles. The third-order valence-corrected chi connectivity index (χ3v) is 2.37. The van der Waals surface area contributed by atoms with Gasteiger partial charge in [0.05, 0.1) is 0 Å². The van der Waals surface area contributed by atoms with Gasteiger partial charge < -0.3 is 9.84 Å². The van der Waals surface area contributed by atoms with Crippen LogP contribution in [-0.4, -0.2) is 11.2 Å². The first kappa shape index (κ1) is 13.1. The van der Waals surface area contributed by atoms with Gasteiger partial charge in [-0.25, -0.2) is 0 Å². The molecule has 1 aliphatic rings. The molecule has 1 aliphatic carbocycles. The molecule has 0 fully saturated rings. The standard InChI is InChI=1S/C15H18O2/c1-11-5-9-15(10-6-11)17-14(4)12(2)7-8-13(3)16/h5-9,15-16H,2-4,10H2,1H3/b8-7-. The number of hydrogen-bond donors (Lipinski definition) is 1. The first-order valence-electron chi connectivity index (χ1n) is 5.45. The Morgan fingerprint density at radius 1 is 1.41 bits per heavy atom. The van der Waals surface area contributed by atoms with Crippen LogP contribution in [0.4, 0.5) is 0 Å². The number of aliphatic hydroxyl groups excluding tert-OH is 1. The molecule has 0 aromatic rings. The fourth-order valence-electron chi connectivity index (χ4n) is 1.34. The molecule has 2 heteroatoms. The summed E-state index contributed by atoms with van der Waals surface area (Å²) < 4.78 is 5.65. The average molecular weight is 230 g/mol. The highest BCUT2D eigenvalue weighted by Gasteiger charge is 2.10. The van der Waals surface area contributed by atoms with Crippen LogP contribution in [0.3, 0.4) is 0 Å². The summed E-state index contributed by atoms with van der Waals surface area (Å²) in [5, 5.41) is 8.92. The summed E-state index contributed by atoms with van der Waals surface area (Å²) in [5.41, 5.74) is 1.87. The van der Waals surface area contributed by atoms with Crippen LogP contribution in [0.2, 0.25) is 0 Å². The fraction of sp³-hybridized carbons (Fsp3) is 0.200. The monoisotopic (exact) mass is 230 g/mol. The van der Waals surface area contributed by atoms with Crippen molar-refractivity contribution in [1.29, 1.82) is 0 Å². The van der Waals surface area contributed by atoms with E-state index in [2.05, 4.69) is 32.7 Å². The molecule has 2 nitrogen and oxygen atoms in total. The minimum atomic E-state index is -0.0185. The Bertz CT molecular complexity index is 422. The van der Waals surface area contributed by atoms with Gasteiger partial charge in [-0.1, -0.05) is 37.5 Å². The molecular weight excluding hydrogens is 212 g/mol. The second-order valence-electron chi connectivity index (χ2n) is 3.97. The molecule has 0 radical (unpaired) electrons. The molecule has 0 spiro atoms. The summed E-state index contributed by atoms with van der Waals surface area (Å²) >= 11 is 0. The lowest BCUT2D eigenvalue weighted by Crippen LogP contribution is -2.11. The smallest absolute Gasteiger partial charge is 0.121 e. The summed E-state index contributed by atoms with van der Waals surface area (Å²) in [6, 6.07) is 0. The van der Waals surface area contributed by atoms with Gasteiger partial charge in [0.15, 0.2) is 0 Å². The van der Waals surface area contributed by atoms with Gasteiger partial charge in [-0.15, -0.1) is 0 Å². The highest BCUT2D eigenvalue weighted by atomic mass is 16.5. The minimum Gasteiger partial charge on any atom is -0.509 e. The lowest BCUT2D eigenvalue weighted by Gasteiger charge is -2.19. The number of hydrogen-bond acceptors (Lipinski definition) is 2. The summed E-state index contributed by atoms with van der Waals surface area (Å²) in [5.74, 6) is 0.486. The maximum Gasteiger partial charge on any atom is 0.121 e. The third-order valence-electron chi connectivity index (χ3n) is 2.37. The Hall–Kier alpha value is -1.96. The molecule has 0 aromatic heterocycles. The zero-order valence-corrected chi connectivity index (χ0v) is 10.1. The SMILES string of the molecule is C=C(O)/C=C\C(=C)C(=C)OC1C=CC(C)=CC1. The molecule has 0 saturated carbocycles. The first-order valence-corrected chi connectivity index (χ1v) is 5.45. The van der Waals surface area contributed by atoms with Crippen LogP contribution in [0, 0.1) is 0 Å². The molecule has 1 unspecified atom stereocenters. The van der Waals surface area contributed by atoms with Crippen molar-refractivity contribution in [2.75, 3.05) is 0 Å². The lowest BCUT2D eigenvalue weighted by molar-refractivity contribution is 0.165. The second kappa shape index (κ2) is 5.94. The number of aliphatic hydroxyl groups is 1. The van der Waals surface area contributed by atoms with Gasteiger partial charge in [-0.2, -0.15) is 0 Å². The van der Waals surface area contributed by atoms with Gasteiger partial charge in [0.2, 0.25) is 0 Å². The van der Waals surface area contributed by atoms with Crippen LogP contribution in [0.15, 0.2) is 72.8 Å². The van der Waals surface area contributed by atoms with E-state index in [9.17, 15) is 0 Å². The Kier molecular flexibility index (Phi) is 4.58. The Morgan fingerprint density at radius 3 is 2.65 bits per heavy atom. The highest BCUT2D eigenvalue weighted by molar-refractivity contribution is 5.34. The predicted molar refractivity (Wildman–Crippen MR) is 71.6 cm³/mol. The summed E-state index contributed by atoms with van der Waals surface area (Å²) in [6.45, 7) is 13.0. The van der Waals surface area contributed by atoms with Gasteiger partial charge in [0.1, 0.15) is 17.6 Å². The molecule has 0 aliphatic heterocycles. The van der Waals surface area contributed by atoms with Crippen molar-refractivity contribution < 1.29 is 9.84 Å². The topological polar surface area (TPSA) is 29.5 Å². The summed E-state index contributed by atoms with van der Waals surface area (Å²) in [4.78, 5) is 0. The van der Waals surface area contributed by atoms with Crippen LogP contribution in [0.25, 0.3) is 0 Å². The van der Waals surface area contributed by atoms with Gasteiger partial charge in [-0.05, 0) is 25.2 Å². The molecule has 17 heavy (non-hydrogen) atoms. The van der Waals surface area contributed by atoms with Crippen molar-refractivity contribution in [2.24, 2.45) is 0 Å². The van der Waals surface area contributed by atoms with E-state index in [4.69, 9.17) is 9.84 Å². The molecule has 1 rings (SSSR count). The lowest BCUT2D eigenvalue weighted by atomic mass is 10.1. The van der Waals surface area contributed by atoms with E-state index < -0.39 is 0 Å². The first-order chi connectivity index (χ1) is 7.99. The predicted octanol–water partition coefficient (Wildman–Crippen LogP) is 3.98. The van der Waals surface area contributed by atoms with Gasteiger partial charge in [-0.3, -0.25) is 0 Å². The van der Waals surface area contributed by atoms with Gasteiger partial charge in [0, 0.05) is 12.0 Å². The maximum atomic E-state index is 8.92. The zero-order chi connectivity index (χ0) is 12.8. The van der Waals surface area contributed by atoms with Gasteiger partial charge >= 0.3 is 0 Å². The molecular formula is C15H18O2. The average Bonchev–Trinajstić information content (AvgIpc) is 2.28. The Morgan fingerprint density at radius 2 is 2.12 bits per heavy atom. The summed E-state index contributed by atoms with van der Waals surface area (Å²) in [7, 11) is 0. The summed E-state index contributed by atoms with van der Waals surface area (Å²) in [6.07, 6.45) is 10.1. The Labute approximate surface area is 103 Å². The van der Waals surface area contributed by atoms with Crippen molar-refractivity contribution in [1.82, 2.24) is 0 Å². The fourth-order valence-corrected chi connectivity index (χ4v) is 1.34. The number of ether oxygens (including phenoxy) is 1. The van der Waals surface area contributed by atoms with Crippen molar-refractivity contribution in [3.63, 3.8) is 0 Å². The molecule has 0 heterocycles. The van der Waals surface area contributed by atoms with E-state index in [-0.39, 0.29) is 11.9 Å². The molecule has 0 amide bonds. The van der Waals surface area contributed by atoms with E-state index in [1.165, 1.54) is 11.6 Å². The van der Waals surface area contributed by atoms with Crippen LogP contribution >= 0.6 is 0 Å². The van der Waals surface area contributed by atoms with Gasteiger partial charge in [0.25, 0.3) is 0 Å². The largest absolute Gasteiger partial charge is 0.509 e. The van der Waals surface area contributed by atoms with Crippen molar-refractivity contribution in [3.05, 3.63) is 72.8 Å². The molecule has 90 valence electrons. The van der Waals surface area contributed by atoms with Crippen molar-refractivity contribution in [2.45, 2.75) is 19.4 Å². The highest BCUT2D eigenvalue weighted by Crippen LogP contribution is 2.18. The molecule has 1 N–H and O–H groups in total. The van der Waals surface area contributed by atoms with Crippen LogP contribution in [0.5, 0.6) is 0 Å². The number of allylic oxidation sites excluding steroid dienone is 4. The maximum absolute atomic E-state index is 8.92. The normalized spacial score (nSPS) is 18.9. The van der Waals surface area contributed by atoms with E-state index in [1.807, 2.05) is 12.2 Å². The quantitative estimate of drug-likeness (QED) is 0.572. The van der Waals surface area contributed by atoms with Crippen molar-refractivity contribution in [3.8, 4) is 0 Å². The van der Waals surface area contributed by atoms with E-state index in [0.717, 1.165) is 6.42 Å². The van der Waals surface area contributed by atoms with Crippen LogP contribution in [0.1, 0.15) is 13.3 Å². The van der Waals surface area contributed by atoms with E-state index in [0.29, 0.717) is 11.3 Å².